The van der Waals surface area contributed by atoms with E-state index in [1.165, 1.54) is 28.0 Å². The molecule has 9 heteroatoms. The Bertz CT molecular complexity index is 1120. The maximum Gasteiger partial charge on any atom is 0.416 e. The average molecular weight is 463 g/mol. The lowest BCUT2D eigenvalue weighted by Crippen LogP contribution is -2.48. The molecule has 0 radical (unpaired) electrons. The maximum absolute atomic E-state index is 12.8. The van der Waals surface area contributed by atoms with Gasteiger partial charge >= 0.3 is 6.18 Å². The third kappa shape index (κ3) is 4.88. The summed E-state index contributed by atoms with van der Waals surface area (Å²) < 4.78 is 39.7. The van der Waals surface area contributed by atoms with Crippen LogP contribution in [0.25, 0.3) is 10.2 Å². The van der Waals surface area contributed by atoms with Crippen molar-refractivity contribution in [2.24, 2.45) is 0 Å². The van der Waals surface area contributed by atoms with Crippen LogP contribution in [0.15, 0.2) is 36.4 Å². The third-order valence-corrected chi connectivity index (χ3v) is 6.96. The smallest absolute Gasteiger partial charge is 0.351 e. The van der Waals surface area contributed by atoms with Gasteiger partial charge in [0.15, 0.2) is 5.13 Å². The van der Waals surface area contributed by atoms with Crippen molar-refractivity contribution in [2.75, 3.05) is 44.2 Å². The molecule has 1 aliphatic heterocycles. The Morgan fingerprint density at radius 3 is 2.59 bits per heavy atom. The fraction of sp³-hybridized carbons (Fsp3) is 0.391. The zero-order valence-corrected chi connectivity index (χ0v) is 18.8. The number of aromatic nitrogens is 1. The zero-order valence-electron chi connectivity index (χ0n) is 18.0. The summed E-state index contributed by atoms with van der Waals surface area (Å²) in [7, 11) is 0. The number of benzene rings is 2. The van der Waals surface area contributed by atoms with Crippen molar-refractivity contribution in [3.05, 3.63) is 58.7 Å². The number of thiazole rings is 1. The van der Waals surface area contributed by atoms with Gasteiger partial charge in [0.2, 0.25) is 0 Å². The Balaban J connectivity index is 1.27. The number of nitrogens with zero attached hydrogens (tertiary/aromatic N) is 3. The van der Waals surface area contributed by atoms with Crippen LogP contribution in [0.5, 0.6) is 0 Å². The second kappa shape index (κ2) is 9.07. The summed E-state index contributed by atoms with van der Waals surface area (Å²) in [5.74, 6) is -0.491. The molecule has 1 amide bonds. The van der Waals surface area contributed by atoms with Crippen LogP contribution in [-0.4, -0.2) is 55.1 Å². The van der Waals surface area contributed by atoms with Crippen molar-refractivity contribution in [1.82, 2.24) is 15.2 Å². The summed E-state index contributed by atoms with van der Waals surface area (Å²) in [6.45, 7) is 8.61. The molecule has 1 aliphatic rings. The first-order valence-electron chi connectivity index (χ1n) is 10.5. The number of halogens is 3. The number of nitrogens with one attached hydrogen (secondary N) is 1. The molecule has 0 atom stereocenters. The summed E-state index contributed by atoms with van der Waals surface area (Å²) in [4.78, 5) is 21.6. The van der Waals surface area contributed by atoms with Gasteiger partial charge in [0, 0.05) is 44.8 Å². The fourth-order valence-corrected chi connectivity index (χ4v) is 4.86. The molecule has 0 bridgehead atoms. The highest BCUT2D eigenvalue weighted by atomic mass is 32.1. The van der Waals surface area contributed by atoms with E-state index >= 15 is 0 Å². The third-order valence-electron chi connectivity index (χ3n) is 5.88. The van der Waals surface area contributed by atoms with Gasteiger partial charge in [0.05, 0.1) is 15.8 Å². The van der Waals surface area contributed by atoms with Crippen molar-refractivity contribution >= 4 is 32.6 Å². The van der Waals surface area contributed by atoms with Gasteiger partial charge in [-0.1, -0.05) is 23.5 Å². The summed E-state index contributed by atoms with van der Waals surface area (Å²) in [6.07, 6.45) is -4.46. The van der Waals surface area contributed by atoms with E-state index in [9.17, 15) is 18.0 Å². The van der Waals surface area contributed by atoms with Crippen LogP contribution in [0.2, 0.25) is 0 Å². The molecule has 0 spiro atoms. The highest BCUT2D eigenvalue weighted by molar-refractivity contribution is 7.22. The minimum absolute atomic E-state index is 0.0195. The minimum Gasteiger partial charge on any atom is -0.351 e. The molecular weight excluding hydrogens is 437 g/mol. The number of alkyl halides is 3. The number of fused-ring (bicyclic) bond motifs is 1. The molecule has 0 saturated carbocycles. The van der Waals surface area contributed by atoms with Gasteiger partial charge in [-0.3, -0.25) is 9.69 Å². The number of anilines is 1. The van der Waals surface area contributed by atoms with Gasteiger partial charge in [0.25, 0.3) is 5.91 Å². The van der Waals surface area contributed by atoms with E-state index in [1.807, 2.05) is 0 Å². The molecule has 1 saturated heterocycles. The van der Waals surface area contributed by atoms with Crippen molar-refractivity contribution < 1.29 is 18.0 Å². The molecule has 5 nitrogen and oxygen atoms in total. The molecule has 1 N–H and O–H groups in total. The van der Waals surface area contributed by atoms with E-state index in [1.54, 1.807) is 11.3 Å². The second-order valence-corrected chi connectivity index (χ2v) is 9.02. The summed E-state index contributed by atoms with van der Waals surface area (Å²) in [6, 6.07) is 8.75. The van der Waals surface area contributed by atoms with E-state index < -0.39 is 17.6 Å². The van der Waals surface area contributed by atoms with Crippen LogP contribution in [0.1, 0.15) is 27.0 Å². The lowest BCUT2D eigenvalue weighted by molar-refractivity contribution is -0.137. The van der Waals surface area contributed by atoms with Gasteiger partial charge in [0.1, 0.15) is 0 Å². The van der Waals surface area contributed by atoms with Crippen LogP contribution < -0.4 is 10.2 Å². The van der Waals surface area contributed by atoms with E-state index in [2.05, 4.69) is 41.1 Å². The minimum atomic E-state index is -4.46. The number of aryl methyl sites for hydroxylation is 2. The number of carbonyl (C=O) groups is 1. The Hall–Kier alpha value is -2.65. The van der Waals surface area contributed by atoms with Crippen molar-refractivity contribution in [3.8, 4) is 0 Å². The topological polar surface area (TPSA) is 48.5 Å². The molecule has 3 aromatic rings. The van der Waals surface area contributed by atoms with Crippen molar-refractivity contribution in [3.63, 3.8) is 0 Å². The summed E-state index contributed by atoms with van der Waals surface area (Å²) in [5, 5.41) is 3.76. The number of rotatable bonds is 5. The molecule has 170 valence electrons. The summed E-state index contributed by atoms with van der Waals surface area (Å²) >= 11 is 1.71. The van der Waals surface area contributed by atoms with Crippen LogP contribution in [0.4, 0.5) is 18.3 Å². The number of piperazine rings is 1. The lowest BCUT2D eigenvalue weighted by Gasteiger charge is -2.34. The van der Waals surface area contributed by atoms with Gasteiger partial charge in [-0.15, -0.1) is 0 Å². The highest BCUT2D eigenvalue weighted by Gasteiger charge is 2.31. The number of hydrogen-bond acceptors (Lipinski definition) is 5. The van der Waals surface area contributed by atoms with Gasteiger partial charge < -0.3 is 10.2 Å². The largest absolute Gasteiger partial charge is 0.416 e. The Morgan fingerprint density at radius 1 is 1.12 bits per heavy atom. The molecule has 1 fully saturated rings. The predicted octanol–water partition coefficient (Wildman–Crippen LogP) is 4.48. The van der Waals surface area contributed by atoms with Gasteiger partial charge in [-0.05, 0) is 49.2 Å². The number of amides is 1. The normalized spacial score (nSPS) is 15.3. The standard InChI is InChI=1S/C23H25F3N4OS/c1-15-6-7-19-20(16(15)2)28-22(32-19)30-12-10-29(11-13-30)9-8-27-21(31)17-4-3-5-18(14-17)23(24,25)26/h3-7,14H,8-13H2,1-2H3,(H,27,31). The van der Waals surface area contributed by atoms with E-state index in [0.29, 0.717) is 13.1 Å². The van der Waals surface area contributed by atoms with Crippen molar-refractivity contribution in [2.45, 2.75) is 20.0 Å². The van der Waals surface area contributed by atoms with Crippen LogP contribution in [-0.2, 0) is 6.18 Å². The van der Waals surface area contributed by atoms with Crippen LogP contribution in [0, 0.1) is 13.8 Å². The van der Waals surface area contributed by atoms with Crippen LogP contribution in [0.3, 0.4) is 0 Å². The molecule has 0 aliphatic carbocycles. The summed E-state index contributed by atoms with van der Waals surface area (Å²) in [5.41, 5.74) is 2.74. The Morgan fingerprint density at radius 2 is 1.88 bits per heavy atom. The lowest BCUT2D eigenvalue weighted by atomic mass is 10.1. The van der Waals surface area contributed by atoms with Crippen molar-refractivity contribution in [1.29, 1.82) is 0 Å². The van der Waals surface area contributed by atoms with Gasteiger partial charge in [-0.25, -0.2) is 4.98 Å². The predicted molar refractivity (Wildman–Crippen MR) is 122 cm³/mol. The molecule has 1 aromatic heterocycles. The van der Waals surface area contributed by atoms with E-state index in [-0.39, 0.29) is 5.56 Å². The number of carbonyl (C=O) groups excluding carboxylic acids is 1. The number of hydrogen-bond donors (Lipinski definition) is 1. The highest BCUT2D eigenvalue weighted by Crippen LogP contribution is 2.32. The molecule has 2 heterocycles. The zero-order chi connectivity index (χ0) is 22.9. The fourth-order valence-electron chi connectivity index (χ4n) is 3.78. The average Bonchev–Trinajstić information content (AvgIpc) is 3.21. The maximum atomic E-state index is 12.8. The molecular formula is C23H25F3N4OS. The van der Waals surface area contributed by atoms with Gasteiger partial charge in [-0.2, -0.15) is 13.2 Å². The Labute approximate surface area is 188 Å². The molecule has 2 aromatic carbocycles. The first-order chi connectivity index (χ1) is 15.2. The quantitative estimate of drug-likeness (QED) is 0.607. The van der Waals surface area contributed by atoms with E-state index in [0.717, 1.165) is 49.0 Å². The first kappa shape index (κ1) is 22.5. The molecule has 4 rings (SSSR count). The van der Waals surface area contributed by atoms with Crippen LogP contribution >= 0.6 is 11.3 Å². The monoisotopic (exact) mass is 462 g/mol. The SMILES string of the molecule is Cc1ccc2sc(N3CCN(CCNC(=O)c4cccc(C(F)(F)F)c4)CC3)nc2c1C. The molecule has 32 heavy (non-hydrogen) atoms. The Kier molecular flexibility index (Phi) is 6.39. The second-order valence-electron chi connectivity index (χ2n) is 8.01. The van der Waals surface area contributed by atoms with E-state index in [4.69, 9.17) is 4.98 Å². The first-order valence-corrected chi connectivity index (χ1v) is 11.3. The molecule has 0 unspecified atom stereocenters.